The maximum atomic E-state index is 15.6. The molecule has 0 N–H and O–H groups in total. The van der Waals surface area contributed by atoms with Crippen molar-refractivity contribution in [3.8, 4) is 4.37 Å². The summed E-state index contributed by atoms with van der Waals surface area (Å²) in [5, 5.41) is 4.81. The van der Waals surface area contributed by atoms with E-state index in [0.717, 1.165) is 87.3 Å². The van der Waals surface area contributed by atoms with Gasteiger partial charge >= 0.3 is 331 Å². The molecule has 0 bridgehead atoms. The monoisotopic (exact) mass is 1110 g/mol. The summed E-state index contributed by atoms with van der Waals surface area (Å²) in [7, 11) is -2.58. The van der Waals surface area contributed by atoms with Gasteiger partial charge < -0.3 is 0 Å². The first-order chi connectivity index (χ1) is 32.3. The van der Waals surface area contributed by atoms with E-state index in [-0.39, 0.29) is 11.6 Å². The molecule has 0 saturated carbocycles. The Morgan fingerprint density at radius 3 is 1.56 bits per heavy atom. The Morgan fingerprint density at radius 1 is 0.667 bits per heavy atom. The average molecular weight is 1110 g/mol. The van der Waals surface area contributed by atoms with Crippen LogP contribution in [0.3, 0.4) is 0 Å². The minimum atomic E-state index is -2.58. The standard InChI is InChI=1S/C59H65O3PS2.Os/c1-8-14-26-42(11-4)36-52-56-57(53(65-52)37-43(12-5)27-15-9-2)59(61)55-51(64-50(25-10-3)54(55)58(56)60)35-34-45(38-46-40-62-39-44(46)13-6)41(7)63(47-28-19-16-20-29-47,48-30-21-17-22-31-48)49-32-23-18-24-33-49;/h10,13,16-25,28-35,38,42-43H,8-9,11-12,14-15,26-27,36-37,39-40H2,1-6H3;/q+1;/b25-10+,35-34+,44-13?,45-41?,46-38?;. The van der Waals surface area contributed by atoms with Crippen molar-refractivity contribution in [1.82, 2.24) is 0 Å². The van der Waals surface area contributed by atoms with Crippen LogP contribution in [0.15, 0.2) is 137 Å². The van der Waals surface area contributed by atoms with Gasteiger partial charge in [-0.1, -0.05) is 79.1 Å². The number of unbranched alkanes of at least 4 members (excludes halogenated alkanes) is 2. The van der Waals surface area contributed by atoms with Crippen molar-refractivity contribution in [2.45, 2.75) is 106 Å². The Labute approximate surface area is 413 Å². The van der Waals surface area contributed by atoms with Gasteiger partial charge in [0.1, 0.15) is 0 Å². The quantitative estimate of drug-likeness (QED) is 0.0565. The maximum absolute atomic E-state index is 15.6. The first kappa shape index (κ1) is 49.8. The van der Waals surface area contributed by atoms with Gasteiger partial charge in [0.05, 0.1) is 0 Å². The normalized spacial score (nSPS) is 16.6. The molecule has 1 fully saturated rings. The fourth-order valence-electron chi connectivity index (χ4n) is 9.76. The number of carbonyl (C=O) groups is 2. The molecule has 7 rings (SSSR count). The van der Waals surface area contributed by atoms with E-state index in [1.807, 2.05) is 19.1 Å². The Hall–Kier alpha value is -4.09. The zero-order chi connectivity index (χ0) is 46.6. The number of rotatable bonds is 20. The number of hydrogen-bond acceptors (Lipinski definition) is 5. The van der Waals surface area contributed by atoms with Crippen LogP contribution in [0.1, 0.15) is 144 Å². The molecule has 1 aliphatic carbocycles. The van der Waals surface area contributed by atoms with Crippen molar-refractivity contribution in [2.24, 2.45) is 11.8 Å². The second-order valence-corrected chi connectivity index (χ2v) is 23.8. The second kappa shape index (κ2) is 23.8. The molecule has 3 nitrogen and oxygen atoms in total. The molecule has 1 aliphatic heterocycles. The van der Waals surface area contributed by atoms with E-state index >= 15 is 9.59 Å². The summed E-state index contributed by atoms with van der Waals surface area (Å²) >= 11 is 5.09. The molecule has 5 aromatic rings. The van der Waals surface area contributed by atoms with Gasteiger partial charge in [-0.2, -0.15) is 0 Å². The summed E-state index contributed by atoms with van der Waals surface area (Å²) in [5.41, 5.74) is 5.82. The zero-order valence-electron chi connectivity index (χ0n) is 39.6. The molecule has 3 aromatic carbocycles. The third kappa shape index (κ3) is 10.3. The van der Waals surface area contributed by atoms with Crippen molar-refractivity contribution >= 4 is 69.6 Å². The van der Waals surface area contributed by atoms with Crippen molar-refractivity contribution in [1.29, 1.82) is 0 Å². The number of hydrogen-bond donors (Lipinski definition) is 0. The van der Waals surface area contributed by atoms with Crippen molar-refractivity contribution in [2.75, 3.05) is 13.2 Å². The summed E-state index contributed by atoms with van der Waals surface area (Å²) < 4.78 is 9.93. The Balaban J connectivity index is 1.48. The fourth-order valence-corrected chi connectivity index (χ4v) is 18.3. The summed E-state index contributed by atoms with van der Waals surface area (Å²) in [6.07, 6.45) is 23.5. The van der Waals surface area contributed by atoms with Crippen LogP contribution < -0.4 is 15.9 Å². The molecule has 0 amide bonds. The van der Waals surface area contributed by atoms with Crippen LogP contribution in [0.25, 0.3) is 12.2 Å². The SMILES string of the molecule is CC=C1COCC1=CC(/C=C/c1sc(/C=C/C)c2c1C(=O)c1c(CC(CC)CCCC)sc(CC(CC)CCCC)c1C2=O)=C([C]#[Os])[P+](c1ccccc1)(c1ccccc1)c1ccccc1. The van der Waals surface area contributed by atoms with Crippen molar-refractivity contribution in [3.05, 3.63) is 179 Å². The molecule has 7 heteroatoms. The molecule has 0 radical (unpaired) electrons. The predicted octanol–water partition coefficient (Wildman–Crippen LogP) is 14.8. The second-order valence-electron chi connectivity index (χ2n) is 17.6. The molecule has 343 valence electrons. The minimum absolute atomic E-state index is 0.00927. The molecule has 2 aromatic heterocycles. The number of carbonyl (C=O) groups excluding carboxylic acids is 2. The van der Waals surface area contributed by atoms with Crippen LogP contribution in [0, 0.1) is 16.2 Å². The molecular weight excluding hydrogens is 1040 g/mol. The Bertz CT molecular complexity index is 2590. The van der Waals surface area contributed by atoms with Gasteiger partial charge in [-0.3, -0.25) is 0 Å². The summed E-state index contributed by atoms with van der Waals surface area (Å²) in [6, 6.07) is 32.7. The van der Waals surface area contributed by atoms with Gasteiger partial charge in [0.25, 0.3) is 0 Å². The average Bonchev–Trinajstić information content (AvgIpc) is 4.08. The fraction of sp³-hybridized carbons (Fsp3) is 0.339. The third-order valence-corrected chi connectivity index (χ3v) is 21.2. The molecule has 2 atom stereocenters. The van der Waals surface area contributed by atoms with E-state index < -0.39 is 7.26 Å². The van der Waals surface area contributed by atoms with Crippen LogP contribution >= 0.6 is 29.9 Å². The molecule has 2 unspecified atom stereocenters. The van der Waals surface area contributed by atoms with Gasteiger partial charge in [-0.05, 0) is 5.92 Å². The van der Waals surface area contributed by atoms with Gasteiger partial charge in [0.15, 0.2) is 0 Å². The van der Waals surface area contributed by atoms with Crippen LogP contribution in [0.4, 0.5) is 0 Å². The van der Waals surface area contributed by atoms with Crippen LogP contribution in [-0.4, -0.2) is 24.8 Å². The van der Waals surface area contributed by atoms with Gasteiger partial charge in [-0.15, -0.1) is 0 Å². The predicted molar refractivity (Wildman–Crippen MR) is 282 cm³/mol. The Kier molecular flexibility index (Phi) is 17.9. The summed E-state index contributed by atoms with van der Waals surface area (Å²) in [6.45, 7) is 14.2. The van der Waals surface area contributed by atoms with Crippen molar-refractivity contribution in [3.63, 3.8) is 0 Å². The Morgan fingerprint density at radius 2 is 1.14 bits per heavy atom. The number of ketones is 2. The van der Waals surface area contributed by atoms with Gasteiger partial charge in [0, 0.05) is 0 Å². The van der Waals surface area contributed by atoms with E-state index in [2.05, 4.69) is 154 Å². The van der Waals surface area contributed by atoms with Crippen LogP contribution in [0.2, 0.25) is 0 Å². The number of benzene rings is 3. The molecule has 2 aliphatic rings. The van der Waals surface area contributed by atoms with Crippen LogP contribution in [0.5, 0.6) is 0 Å². The van der Waals surface area contributed by atoms with E-state index in [4.69, 9.17) is 4.74 Å². The number of allylic oxidation sites excluding steroid dienone is 6. The topological polar surface area (TPSA) is 43.4 Å². The van der Waals surface area contributed by atoms with Crippen molar-refractivity contribution < 1.29 is 32.3 Å². The third-order valence-electron chi connectivity index (χ3n) is 13.4. The first-order valence-corrected chi connectivity index (χ1v) is 28.8. The van der Waals surface area contributed by atoms with E-state index in [1.165, 1.54) is 34.3 Å². The summed E-state index contributed by atoms with van der Waals surface area (Å²) in [4.78, 5) is 34.9. The number of thiophene rings is 2. The first-order valence-electron chi connectivity index (χ1n) is 24.1. The van der Waals surface area contributed by atoms with E-state index in [1.54, 1.807) is 40.6 Å². The molecule has 3 heterocycles. The summed E-state index contributed by atoms with van der Waals surface area (Å²) in [5.74, 6) is 0.981. The molecule has 1 saturated heterocycles. The van der Waals surface area contributed by atoms with E-state index in [9.17, 15) is 0 Å². The molecule has 0 spiro atoms. The van der Waals surface area contributed by atoms with Gasteiger partial charge in [0.2, 0.25) is 0 Å². The zero-order valence-corrected chi connectivity index (χ0v) is 44.7. The molecular formula is C59H65O3OsPS2+. The number of ether oxygens (including phenoxy) is 1. The van der Waals surface area contributed by atoms with E-state index in [0.29, 0.717) is 47.3 Å². The number of fused-ring (bicyclic) bond motifs is 2. The van der Waals surface area contributed by atoms with Gasteiger partial charge in [-0.25, -0.2) is 0 Å². The van der Waals surface area contributed by atoms with Crippen LogP contribution in [-0.2, 0) is 35.5 Å². The molecule has 66 heavy (non-hydrogen) atoms.